The van der Waals surface area contributed by atoms with Crippen LogP contribution in [0.3, 0.4) is 0 Å². The number of aromatic nitrogens is 3. The highest BCUT2D eigenvalue weighted by molar-refractivity contribution is 5.54. The molecule has 0 aromatic carbocycles. The van der Waals surface area contributed by atoms with Gasteiger partial charge in [-0.25, -0.2) is 4.98 Å². The van der Waals surface area contributed by atoms with Gasteiger partial charge in [0.25, 0.3) is 5.89 Å². The maximum Gasteiger partial charge on any atom is 0.258 e. The Hall–Kier alpha value is -2.22. The van der Waals surface area contributed by atoms with E-state index in [9.17, 15) is 0 Å². The largest absolute Gasteiger partial charge is 0.334 e. The van der Waals surface area contributed by atoms with Gasteiger partial charge in [0, 0.05) is 17.7 Å². The Morgan fingerprint density at radius 1 is 1.50 bits per heavy atom. The summed E-state index contributed by atoms with van der Waals surface area (Å²) in [6.07, 6.45) is 2.66. The minimum atomic E-state index is 0.275. The molecule has 1 aliphatic rings. The van der Waals surface area contributed by atoms with Gasteiger partial charge in [0.1, 0.15) is 11.8 Å². The molecule has 0 spiro atoms. The molecule has 3 rings (SSSR count). The fraction of sp³-hybridized carbons (Fsp3) is 0.385. The van der Waals surface area contributed by atoms with Crippen molar-refractivity contribution in [1.82, 2.24) is 15.1 Å². The van der Waals surface area contributed by atoms with Gasteiger partial charge in [-0.2, -0.15) is 10.2 Å². The highest BCUT2D eigenvalue weighted by Crippen LogP contribution is 2.57. The Morgan fingerprint density at radius 2 is 2.28 bits per heavy atom. The third kappa shape index (κ3) is 1.76. The zero-order valence-corrected chi connectivity index (χ0v) is 10.2. The summed E-state index contributed by atoms with van der Waals surface area (Å²) in [4.78, 5) is 8.31. The van der Waals surface area contributed by atoms with Gasteiger partial charge in [-0.3, -0.25) is 0 Å². The van der Waals surface area contributed by atoms with Crippen molar-refractivity contribution < 1.29 is 4.52 Å². The number of nitrogens with zero attached hydrogens (tertiary/aromatic N) is 4. The molecule has 1 saturated carbocycles. The van der Waals surface area contributed by atoms with Crippen LogP contribution in [0.15, 0.2) is 22.9 Å². The molecule has 18 heavy (non-hydrogen) atoms. The molecule has 5 heteroatoms. The van der Waals surface area contributed by atoms with E-state index in [-0.39, 0.29) is 5.41 Å². The highest BCUT2D eigenvalue weighted by Gasteiger charge is 2.49. The first-order chi connectivity index (χ1) is 8.60. The van der Waals surface area contributed by atoms with E-state index >= 15 is 0 Å². The molecule has 1 aliphatic carbocycles. The van der Waals surface area contributed by atoms with Crippen molar-refractivity contribution in [2.75, 3.05) is 0 Å². The second kappa shape index (κ2) is 3.64. The summed E-state index contributed by atoms with van der Waals surface area (Å²) in [7, 11) is 0. The smallest absolute Gasteiger partial charge is 0.258 e. The molecule has 0 N–H and O–H groups in total. The van der Waals surface area contributed by atoms with E-state index < -0.39 is 0 Å². The van der Waals surface area contributed by atoms with Gasteiger partial charge in [0.05, 0.1) is 0 Å². The lowest BCUT2D eigenvalue weighted by molar-refractivity contribution is 0.419. The lowest BCUT2D eigenvalue weighted by Crippen LogP contribution is -1.92. The predicted molar refractivity (Wildman–Crippen MR) is 63.4 cm³/mol. The van der Waals surface area contributed by atoms with Crippen LogP contribution in [-0.4, -0.2) is 15.1 Å². The quantitative estimate of drug-likeness (QED) is 0.806. The zero-order valence-electron chi connectivity index (χ0n) is 10.2. The maximum atomic E-state index is 8.80. The first kappa shape index (κ1) is 10.9. The van der Waals surface area contributed by atoms with Gasteiger partial charge in [-0.15, -0.1) is 0 Å². The molecule has 2 aromatic heterocycles. The van der Waals surface area contributed by atoms with E-state index in [1.54, 1.807) is 18.3 Å². The minimum Gasteiger partial charge on any atom is -0.334 e. The van der Waals surface area contributed by atoms with Gasteiger partial charge in [-0.05, 0) is 24.0 Å². The summed E-state index contributed by atoms with van der Waals surface area (Å²) in [6.45, 7) is 4.38. The zero-order chi connectivity index (χ0) is 12.8. The number of pyridine rings is 1. The van der Waals surface area contributed by atoms with Crippen LogP contribution in [0.2, 0.25) is 0 Å². The molecule has 5 nitrogen and oxygen atoms in total. The monoisotopic (exact) mass is 240 g/mol. The van der Waals surface area contributed by atoms with E-state index in [4.69, 9.17) is 9.78 Å². The number of rotatable bonds is 2. The van der Waals surface area contributed by atoms with Crippen LogP contribution >= 0.6 is 0 Å². The third-order valence-corrected chi connectivity index (χ3v) is 3.39. The van der Waals surface area contributed by atoms with E-state index in [0.29, 0.717) is 17.5 Å². The molecule has 90 valence electrons. The predicted octanol–water partition coefficient (Wildman–Crippen LogP) is 2.52. The molecule has 2 aromatic rings. The van der Waals surface area contributed by atoms with Crippen LogP contribution in [-0.2, 0) is 0 Å². The lowest BCUT2D eigenvalue weighted by Gasteiger charge is -1.96. The van der Waals surface area contributed by atoms with Crippen LogP contribution in [0, 0.1) is 16.7 Å². The molecule has 1 unspecified atom stereocenters. The summed E-state index contributed by atoms with van der Waals surface area (Å²) in [5.41, 5.74) is 1.36. The summed E-state index contributed by atoms with van der Waals surface area (Å²) in [6, 6.07) is 5.40. The normalized spacial score (nSPS) is 20.4. The third-order valence-electron chi connectivity index (χ3n) is 3.39. The SMILES string of the molecule is CC1(C)CC1c1noc(-c2ccnc(C#N)c2)n1. The van der Waals surface area contributed by atoms with E-state index in [2.05, 4.69) is 29.0 Å². The van der Waals surface area contributed by atoms with Gasteiger partial charge < -0.3 is 4.52 Å². The van der Waals surface area contributed by atoms with Gasteiger partial charge in [-0.1, -0.05) is 19.0 Å². The van der Waals surface area contributed by atoms with Crippen molar-refractivity contribution in [2.24, 2.45) is 5.41 Å². The molecule has 0 radical (unpaired) electrons. The van der Waals surface area contributed by atoms with Crippen LogP contribution in [0.4, 0.5) is 0 Å². The average molecular weight is 240 g/mol. The molecule has 0 aliphatic heterocycles. The second-order valence-electron chi connectivity index (χ2n) is 5.24. The van der Waals surface area contributed by atoms with Gasteiger partial charge >= 0.3 is 0 Å². The molecular formula is C13H12N4O. The molecule has 0 bridgehead atoms. The number of nitriles is 1. The average Bonchev–Trinajstić information content (AvgIpc) is 2.81. The Labute approximate surface area is 104 Å². The van der Waals surface area contributed by atoms with Crippen molar-refractivity contribution in [3.8, 4) is 17.5 Å². The van der Waals surface area contributed by atoms with Crippen LogP contribution < -0.4 is 0 Å². The standard InChI is InChI=1S/C13H12N4O/c1-13(2)6-10(13)11-16-12(18-17-11)8-3-4-15-9(5-8)7-14/h3-5,10H,6H2,1-2H3. The number of hydrogen-bond donors (Lipinski definition) is 0. The topological polar surface area (TPSA) is 75.6 Å². The van der Waals surface area contributed by atoms with Crippen molar-refractivity contribution in [1.29, 1.82) is 5.26 Å². The van der Waals surface area contributed by atoms with Gasteiger partial charge in [0.2, 0.25) is 0 Å². The molecule has 2 heterocycles. The van der Waals surface area contributed by atoms with Crippen LogP contribution in [0.5, 0.6) is 0 Å². The summed E-state index contributed by atoms with van der Waals surface area (Å²) in [5.74, 6) is 1.59. The van der Waals surface area contributed by atoms with Crippen molar-refractivity contribution in [3.63, 3.8) is 0 Å². The summed E-state index contributed by atoms with van der Waals surface area (Å²) in [5, 5.41) is 12.8. The van der Waals surface area contributed by atoms with Crippen molar-refractivity contribution >= 4 is 0 Å². The van der Waals surface area contributed by atoms with Crippen LogP contribution in [0.1, 0.15) is 37.7 Å². The van der Waals surface area contributed by atoms with Gasteiger partial charge in [0.15, 0.2) is 5.82 Å². The molecule has 0 amide bonds. The molecular weight excluding hydrogens is 228 g/mol. The fourth-order valence-electron chi connectivity index (χ4n) is 2.03. The van der Waals surface area contributed by atoms with E-state index in [1.165, 1.54) is 0 Å². The van der Waals surface area contributed by atoms with Crippen molar-refractivity contribution in [2.45, 2.75) is 26.2 Å². The van der Waals surface area contributed by atoms with E-state index in [1.807, 2.05) is 6.07 Å². The minimum absolute atomic E-state index is 0.275. The Kier molecular flexibility index (Phi) is 2.20. The Balaban J connectivity index is 1.92. The first-order valence-corrected chi connectivity index (χ1v) is 5.80. The summed E-state index contributed by atoms with van der Waals surface area (Å²) < 4.78 is 5.25. The maximum absolute atomic E-state index is 8.80. The second-order valence-corrected chi connectivity index (χ2v) is 5.24. The van der Waals surface area contributed by atoms with E-state index in [0.717, 1.165) is 17.8 Å². The Bertz CT molecular complexity index is 638. The van der Waals surface area contributed by atoms with Crippen molar-refractivity contribution in [3.05, 3.63) is 29.8 Å². The fourth-order valence-corrected chi connectivity index (χ4v) is 2.03. The summed E-state index contributed by atoms with van der Waals surface area (Å²) >= 11 is 0. The molecule has 1 atom stereocenters. The molecule has 1 fully saturated rings. The molecule has 0 saturated heterocycles. The lowest BCUT2D eigenvalue weighted by atomic mass is 10.1. The highest BCUT2D eigenvalue weighted by atomic mass is 16.5. The number of hydrogen-bond acceptors (Lipinski definition) is 5. The first-order valence-electron chi connectivity index (χ1n) is 5.80. The Morgan fingerprint density at radius 3 is 2.94 bits per heavy atom. The van der Waals surface area contributed by atoms with Crippen LogP contribution in [0.25, 0.3) is 11.5 Å².